The molecule has 1 aromatic heterocycles. The normalized spacial score (nSPS) is 10.5. The number of carboxylic acid groups (broad SMARTS) is 1. The predicted molar refractivity (Wildman–Crippen MR) is 88.5 cm³/mol. The number of methoxy groups -OCH3 is 1. The van der Waals surface area contributed by atoms with Gasteiger partial charge in [-0.15, -0.1) is 0 Å². The highest BCUT2D eigenvalue weighted by atomic mass is 16.5. The minimum atomic E-state index is -0.900. The van der Waals surface area contributed by atoms with E-state index in [1.165, 1.54) is 7.11 Å². The number of fused-ring (bicyclic) bond motifs is 1. The lowest BCUT2D eigenvalue weighted by molar-refractivity contribution is -0.136. The van der Waals surface area contributed by atoms with E-state index < -0.39 is 5.97 Å². The molecule has 0 fully saturated rings. The van der Waals surface area contributed by atoms with Crippen LogP contribution >= 0.6 is 0 Å². The van der Waals surface area contributed by atoms with E-state index in [2.05, 4.69) is 5.32 Å². The number of hydrogen-bond acceptors (Lipinski definition) is 4. The Bertz CT molecular complexity index is 895. The maximum atomic E-state index is 12.3. The maximum Gasteiger partial charge on any atom is 0.307 e. The summed E-state index contributed by atoms with van der Waals surface area (Å²) in [5.74, 6) is -0.559. The van der Waals surface area contributed by atoms with Crippen LogP contribution in [0.2, 0.25) is 0 Å². The third kappa shape index (κ3) is 3.22. The molecule has 3 rings (SSSR count). The van der Waals surface area contributed by atoms with Gasteiger partial charge in [0.15, 0.2) is 17.1 Å². The van der Waals surface area contributed by atoms with Crippen LogP contribution in [0.3, 0.4) is 0 Å². The number of anilines is 1. The summed E-state index contributed by atoms with van der Waals surface area (Å²) in [5.41, 5.74) is 1.73. The van der Waals surface area contributed by atoms with Crippen molar-refractivity contribution in [3.63, 3.8) is 0 Å². The number of para-hydroxylation sites is 1. The molecule has 0 bridgehead atoms. The Balaban J connectivity index is 1.78. The molecule has 0 aliphatic carbocycles. The summed E-state index contributed by atoms with van der Waals surface area (Å²) in [6.45, 7) is 0. The molecule has 1 amide bonds. The van der Waals surface area contributed by atoms with Gasteiger partial charge in [0.1, 0.15) is 0 Å². The zero-order valence-corrected chi connectivity index (χ0v) is 12.9. The number of ether oxygens (including phenoxy) is 1. The molecule has 0 radical (unpaired) electrons. The van der Waals surface area contributed by atoms with E-state index in [0.717, 1.165) is 5.39 Å². The molecule has 0 saturated carbocycles. The SMILES string of the molecule is COc1cccc2cc(C(=O)Nc3ccc(CC(=O)O)cc3)oc12. The fourth-order valence-electron chi connectivity index (χ4n) is 2.38. The van der Waals surface area contributed by atoms with E-state index in [1.807, 2.05) is 12.1 Å². The van der Waals surface area contributed by atoms with Gasteiger partial charge in [0, 0.05) is 11.1 Å². The van der Waals surface area contributed by atoms with Crippen LogP contribution in [0, 0.1) is 0 Å². The van der Waals surface area contributed by atoms with E-state index >= 15 is 0 Å². The first kappa shape index (κ1) is 15.6. The number of carboxylic acids is 1. The van der Waals surface area contributed by atoms with E-state index in [-0.39, 0.29) is 18.1 Å². The van der Waals surface area contributed by atoms with Crippen molar-refractivity contribution in [1.82, 2.24) is 0 Å². The molecule has 1 heterocycles. The molecule has 122 valence electrons. The number of aliphatic carboxylic acids is 1. The van der Waals surface area contributed by atoms with E-state index in [4.69, 9.17) is 14.3 Å². The highest BCUT2D eigenvalue weighted by Crippen LogP contribution is 2.28. The molecular weight excluding hydrogens is 310 g/mol. The molecule has 24 heavy (non-hydrogen) atoms. The Morgan fingerprint density at radius 1 is 1.17 bits per heavy atom. The van der Waals surface area contributed by atoms with Gasteiger partial charge in [0.25, 0.3) is 5.91 Å². The standard InChI is InChI=1S/C18H15NO5/c1-23-14-4-2-3-12-10-15(24-17(12)14)18(22)19-13-7-5-11(6-8-13)9-16(20)21/h2-8,10H,9H2,1H3,(H,19,22)(H,20,21). The first-order valence-corrected chi connectivity index (χ1v) is 7.25. The summed E-state index contributed by atoms with van der Waals surface area (Å²) >= 11 is 0. The smallest absolute Gasteiger partial charge is 0.307 e. The lowest BCUT2D eigenvalue weighted by Gasteiger charge is -2.04. The van der Waals surface area contributed by atoms with Crippen molar-refractivity contribution in [2.24, 2.45) is 0 Å². The lowest BCUT2D eigenvalue weighted by Crippen LogP contribution is -2.10. The Labute approximate surface area is 137 Å². The molecule has 0 aliphatic heterocycles. The number of nitrogens with one attached hydrogen (secondary N) is 1. The number of amides is 1. The van der Waals surface area contributed by atoms with E-state index in [0.29, 0.717) is 22.6 Å². The molecule has 0 spiro atoms. The van der Waals surface area contributed by atoms with Crippen LogP contribution in [-0.4, -0.2) is 24.1 Å². The number of rotatable bonds is 5. The summed E-state index contributed by atoms with van der Waals surface area (Å²) in [6, 6.07) is 13.7. The van der Waals surface area contributed by atoms with Crippen LogP contribution in [0.25, 0.3) is 11.0 Å². The van der Waals surface area contributed by atoms with Crippen LogP contribution in [-0.2, 0) is 11.2 Å². The molecule has 6 heteroatoms. The first-order chi connectivity index (χ1) is 11.6. The number of carbonyl (C=O) groups is 2. The highest BCUT2D eigenvalue weighted by Gasteiger charge is 2.15. The molecular formula is C18H15NO5. The molecule has 0 saturated heterocycles. The van der Waals surface area contributed by atoms with Crippen LogP contribution in [0.5, 0.6) is 5.75 Å². The second-order valence-electron chi connectivity index (χ2n) is 5.21. The fraction of sp³-hybridized carbons (Fsp3) is 0.111. The van der Waals surface area contributed by atoms with Gasteiger partial charge in [-0.25, -0.2) is 0 Å². The zero-order valence-electron chi connectivity index (χ0n) is 12.9. The Morgan fingerprint density at radius 3 is 2.58 bits per heavy atom. The second-order valence-corrected chi connectivity index (χ2v) is 5.21. The van der Waals surface area contributed by atoms with Crippen molar-refractivity contribution >= 4 is 28.5 Å². The third-order valence-electron chi connectivity index (χ3n) is 3.52. The van der Waals surface area contributed by atoms with Crippen LogP contribution in [0.4, 0.5) is 5.69 Å². The van der Waals surface area contributed by atoms with Gasteiger partial charge in [-0.2, -0.15) is 0 Å². The molecule has 2 N–H and O–H groups in total. The summed E-state index contributed by atoms with van der Waals surface area (Å²) in [4.78, 5) is 23.0. The average Bonchev–Trinajstić information content (AvgIpc) is 3.00. The van der Waals surface area contributed by atoms with Gasteiger partial charge in [0.05, 0.1) is 13.5 Å². The monoisotopic (exact) mass is 325 g/mol. The highest BCUT2D eigenvalue weighted by molar-refractivity contribution is 6.05. The van der Waals surface area contributed by atoms with Crippen molar-refractivity contribution in [2.45, 2.75) is 6.42 Å². The van der Waals surface area contributed by atoms with Gasteiger partial charge < -0.3 is 19.6 Å². The topological polar surface area (TPSA) is 88.8 Å². The van der Waals surface area contributed by atoms with Crippen molar-refractivity contribution in [3.8, 4) is 5.75 Å². The number of benzene rings is 2. The molecule has 0 atom stereocenters. The lowest BCUT2D eigenvalue weighted by atomic mass is 10.1. The number of furan rings is 1. The summed E-state index contributed by atoms with van der Waals surface area (Å²) in [5, 5.41) is 12.2. The molecule has 6 nitrogen and oxygen atoms in total. The molecule has 2 aromatic carbocycles. The first-order valence-electron chi connectivity index (χ1n) is 7.25. The van der Waals surface area contributed by atoms with Crippen molar-refractivity contribution in [1.29, 1.82) is 0 Å². The molecule has 0 aliphatic rings. The van der Waals surface area contributed by atoms with Gasteiger partial charge >= 0.3 is 5.97 Å². The number of hydrogen-bond donors (Lipinski definition) is 2. The van der Waals surface area contributed by atoms with Gasteiger partial charge in [0.2, 0.25) is 0 Å². The number of carbonyl (C=O) groups excluding carboxylic acids is 1. The van der Waals surface area contributed by atoms with Gasteiger partial charge in [-0.1, -0.05) is 24.3 Å². The zero-order chi connectivity index (χ0) is 17.1. The Kier molecular flexibility index (Phi) is 4.20. The maximum absolute atomic E-state index is 12.3. The van der Waals surface area contributed by atoms with Crippen LogP contribution in [0.1, 0.15) is 16.1 Å². The van der Waals surface area contributed by atoms with Gasteiger partial charge in [-0.3, -0.25) is 9.59 Å². The summed E-state index contributed by atoms with van der Waals surface area (Å²) < 4.78 is 10.8. The summed E-state index contributed by atoms with van der Waals surface area (Å²) in [7, 11) is 1.54. The molecule has 3 aromatic rings. The average molecular weight is 325 g/mol. The Hall–Kier alpha value is -3.28. The largest absolute Gasteiger partial charge is 0.493 e. The van der Waals surface area contributed by atoms with E-state index in [9.17, 15) is 9.59 Å². The fourth-order valence-corrected chi connectivity index (χ4v) is 2.38. The minimum absolute atomic E-state index is 0.0579. The molecule has 0 unspecified atom stereocenters. The predicted octanol–water partition coefficient (Wildman–Crippen LogP) is 3.32. The third-order valence-corrected chi connectivity index (χ3v) is 3.52. The van der Waals surface area contributed by atoms with Crippen molar-refractivity contribution in [2.75, 3.05) is 12.4 Å². The summed E-state index contributed by atoms with van der Waals surface area (Å²) in [6.07, 6.45) is -0.0579. The quantitative estimate of drug-likeness (QED) is 0.751. The second kappa shape index (κ2) is 6.45. The minimum Gasteiger partial charge on any atom is -0.493 e. The van der Waals surface area contributed by atoms with Crippen molar-refractivity contribution < 1.29 is 23.8 Å². The Morgan fingerprint density at radius 2 is 1.92 bits per heavy atom. The van der Waals surface area contributed by atoms with Crippen LogP contribution in [0.15, 0.2) is 52.9 Å². The van der Waals surface area contributed by atoms with E-state index in [1.54, 1.807) is 36.4 Å². The van der Waals surface area contributed by atoms with Crippen molar-refractivity contribution in [3.05, 3.63) is 59.9 Å². The van der Waals surface area contributed by atoms with Crippen LogP contribution < -0.4 is 10.1 Å². The van der Waals surface area contributed by atoms with Gasteiger partial charge in [-0.05, 0) is 29.8 Å².